The average Bonchev–Trinajstić information content (AvgIpc) is 2.88. The van der Waals surface area contributed by atoms with E-state index < -0.39 is 24.1 Å². The van der Waals surface area contributed by atoms with Gasteiger partial charge in [0, 0.05) is 19.0 Å². The highest BCUT2D eigenvalue weighted by atomic mass is 16.4. The molecule has 5 atom stereocenters. The van der Waals surface area contributed by atoms with Crippen molar-refractivity contribution in [2.24, 2.45) is 11.8 Å². The highest BCUT2D eigenvalue weighted by molar-refractivity contribution is 5.83. The molecule has 2 rings (SSSR count). The molecule has 0 aromatic rings. The summed E-state index contributed by atoms with van der Waals surface area (Å²) in [4.78, 5) is 24.4. The third-order valence-corrected chi connectivity index (χ3v) is 4.13. The van der Waals surface area contributed by atoms with Crippen LogP contribution in [0.1, 0.15) is 19.8 Å². The number of aliphatic hydroxyl groups excluding tert-OH is 2. The number of nitrogens with one attached hydrogen (secondary N) is 1. The Labute approximate surface area is 111 Å². The number of rotatable bonds is 3. The van der Waals surface area contributed by atoms with E-state index in [-0.39, 0.29) is 12.0 Å². The summed E-state index contributed by atoms with van der Waals surface area (Å²) in [6.07, 6.45) is 0.147. The van der Waals surface area contributed by atoms with E-state index in [0.29, 0.717) is 19.0 Å². The Morgan fingerprint density at radius 2 is 2.00 bits per heavy atom. The lowest BCUT2D eigenvalue weighted by Gasteiger charge is -2.23. The van der Waals surface area contributed by atoms with Crippen LogP contribution in [0.5, 0.6) is 0 Å². The highest BCUT2D eigenvalue weighted by Gasteiger charge is 2.43. The molecule has 1 saturated carbocycles. The van der Waals surface area contributed by atoms with E-state index in [2.05, 4.69) is 5.32 Å². The molecule has 2 aliphatic rings. The lowest BCUT2D eigenvalue weighted by Crippen LogP contribution is -2.52. The van der Waals surface area contributed by atoms with Crippen LogP contribution in [0, 0.1) is 11.8 Å². The maximum atomic E-state index is 12.0. The topological polar surface area (TPSA) is 110 Å². The third kappa shape index (κ3) is 2.82. The molecule has 0 aromatic heterocycles. The second-order valence-corrected chi connectivity index (χ2v) is 5.48. The minimum absolute atomic E-state index is 0.0978. The quantitative estimate of drug-likeness (QED) is 0.539. The summed E-state index contributed by atoms with van der Waals surface area (Å²) in [7, 11) is 0. The number of carbonyl (C=O) groups excluding carboxylic acids is 1. The van der Waals surface area contributed by atoms with Gasteiger partial charge in [0.25, 0.3) is 0 Å². The van der Waals surface area contributed by atoms with Crippen LogP contribution < -0.4 is 5.32 Å². The molecule has 7 heteroatoms. The van der Waals surface area contributed by atoms with Gasteiger partial charge in [0.05, 0.1) is 12.2 Å². The Balaban J connectivity index is 1.93. The normalized spacial score (nSPS) is 32.8. The third-order valence-electron chi connectivity index (χ3n) is 4.13. The fraction of sp³-hybridized carbons (Fsp3) is 0.833. The van der Waals surface area contributed by atoms with Crippen molar-refractivity contribution in [2.45, 2.75) is 38.0 Å². The van der Waals surface area contributed by atoms with Gasteiger partial charge < -0.3 is 25.5 Å². The number of aliphatic hydroxyl groups is 2. The first-order chi connectivity index (χ1) is 8.90. The summed E-state index contributed by atoms with van der Waals surface area (Å²) >= 11 is 0. The zero-order valence-corrected chi connectivity index (χ0v) is 10.8. The van der Waals surface area contributed by atoms with Crippen LogP contribution in [0.25, 0.3) is 0 Å². The SMILES string of the molecule is C[C@@H](O)[C@H](NC(=O)N1CC2CCC(O)C2C1)C(=O)O. The number of fused-ring (bicyclic) bond motifs is 1. The van der Waals surface area contributed by atoms with Crippen molar-refractivity contribution in [3.63, 3.8) is 0 Å². The maximum absolute atomic E-state index is 12.0. The van der Waals surface area contributed by atoms with Gasteiger partial charge in [0.2, 0.25) is 0 Å². The average molecular weight is 272 g/mol. The predicted molar refractivity (Wildman–Crippen MR) is 65.4 cm³/mol. The molecule has 1 heterocycles. The fourth-order valence-corrected chi connectivity index (χ4v) is 3.02. The van der Waals surface area contributed by atoms with Gasteiger partial charge in [-0.3, -0.25) is 0 Å². The molecule has 7 nitrogen and oxygen atoms in total. The molecule has 1 aliphatic heterocycles. The lowest BCUT2D eigenvalue weighted by molar-refractivity contribution is -0.141. The van der Waals surface area contributed by atoms with Gasteiger partial charge in [-0.2, -0.15) is 0 Å². The summed E-state index contributed by atoms with van der Waals surface area (Å²) in [6, 6.07) is -1.80. The Bertz CT molecular complexity index is 373. The summed E-state index contributed by atoms with van der Waals surface area (Å²) < 4.78 is 0. The second kappa shape index (κ2) is 5.34. The molecule has 0 aromatic carbocycles. The Morgan fingerprint density at radius 3 is 2.53 bits per heavy atom. The second-order valence-electron chi connectivity index (χ2n) is 5.48. The van der Waals surface area contributed by atoms with Crippen LogP contribution in [0.15, 0.2) is 0 Å². The van der Waals surface area contributed by atoms with Crippen LogP contribution in [0.2, 0.25) is 0 Å². The van der Waals surface area contributed by atoms with Gasteiger partial charge in [0.15, 0.2) is 6.04 Å². The van der Waals surface area contributed by atoms with Gasteiger partial charge >= 0.3 is 12.0 Å². The van der Waals surface area contributed by atoms with Crippen molar-refractivity contribution >= 4 is 12.0 Å². The summed E-state index contributed by atoms with van der Waals surface area (Å²) in [5.41, 5.74) is 0. The zero-order valence-electron chi connectivity index (χ0n) is 10.8. The van der Waals surface area contributed by atoms with Crippen LogP contribution in [-0.2, 0) is 4.79 Å². The summed E-state index contributed by atoms with van der Waals surface area (Å²) in [5.74, 6) is -0.862. The fourth-order valence-electron chi connectivity index (χ4n) is 3.02. The molecule has 2 fully saturated rings. The number of aliphatic carboxylic acids is 1. The van der Waals surface area contributed by atoms with Crippen molar-refractivity contribution in [1.82, 2.24) is 10.2 Å². The molecule has 0 radical (unpaired) electrons. The molecule has 1 saturated heterocycles. The smallest absolute Gasteiger partial charge is 0.328 e. The Kier molecular flexibility index (Phi) is 3.96. The Hall–Kier alpha value is -1.34. The van der Waals surface area contributed by atoms with Crippen LogP contribution in [0.3, 0.4) is 0 Å². The first-order valence-corrected chi connectivity index (χ1v) is 6.54. The van der Waals surface area contributed by atoms with E-state index >= 15 is 0 Å². The number of likely N-dealkylation sites (tertiary alicyclic amines) is 1. The molecule has 1 aliphatic carbocycles. The minimum atomic E-state index is -1.31. The van der Waals surface area contributed by atoms with Crippen LogP contribution in [-0.4, -0.2) is 63.6 Å². The molecule has 4 N–H and O–H groups in total. The molecule has 108 valence electrons. The zero-order chi connectivity index (χ0) is 14.2. The molecule has 2 amide bonds. The van der Waals surface area contributed by atoms with Gasteiger partial charge in [-0.05, 0) is 25.7 Å². The number of amides is 2. The van der Waals surface area contributed by atoms with E-state index in [0.717, 1.165) is 12.8 Å². The van der Waals surface area contributed by atoms with E-state index in [1.807, 2.05) is 0 Å². The number of carboxylic acids is 1. The molecular formula is C12H20N2O5. The number of carbonyl (C=O) groups is 2. The molecule has 0 bridgehead atoms. The van der Waals surface area contributed by atoms with Gasteiger partial charge in [-0.15, -0.1) is 0 Å². The largest absolute Gasteiger partial charge is 0.480 e. The molecule has 3 unspecified atom stereocenters. The van der Waals surface area contributed by atoms with Crippen molar-refractivity contribution in [3.8, 4) is 0 Å². The summed E-state index contributed by atoms with van der Waals surface area (Å²) in [6.45, 7) is 2.31. The van der Waals surface area contributed by atoms with Crippen LogP contribution >= 0.6 is 0 Å². The van der Waals surface area contributed by atoms with E-state index in [1.54, 1.807) is 0 Å². The standard InChI is InChI=1S/C12H20N2O5/c1-6(15)10(11(17)18)13-12(19)14-4-7-2-3-9(16)8(7)5-14/h6-10,15-16H,2-5H2,1H3,(H,13,19)(H,17,18)/t6-,7?,8?,9?,10+/m1/s1. The minimum Gasteiger partial charge on any atom is -0.480 e. The first kappa shape index (κ1) is 14.1. The number of nitrogens with zero attached hydrogens (tertiary/aromatic N) is 1. The van der Waals surface area contributed by atoms with Gasteiger partial charge in [-0.25, -0.2) is 9.59 Å². The molecular weight excluding hydrogens is 252 g/mol. The maximum Gasteiger partial charge on any atom is 0.328 e. The molecule has 0 spiro atoms. The van der Waals surface area contributed by atoms with E-state index in [4.69, 9.17) is 5.11 Å². The van der Waals surface area contributed by atoms with Crippen molar-refractivity contribution < 1.29 is 24.9 Å². The number of hydrogen-bond donors (Lipinski definition) is 4. The monoisotopic (exact) mass is 272 g/mol. The predicted octanol–water partition coefficient (Wildman–Crippen LogP) is -0.767. The van der Waals surface area contributed by atoms with Crippen molar-refractivity contribution in [1.29, 1.82) is 0 Å². The van der Waals surface area contributed by atoms with E-state index in [9.17, 15) is 19.8 Å². The van der Waals surface area contributed by atoms with E-state index in [1.165, 1.54) is 11.8 Å². The highest BCUT2D eigenvalue weighted by Crippen LogP contribution is 2.37. The van der Waals surface area contributed by atoms with Crippen LogP contribution in [0.4, 0.5) is 4.79 Å². The Morgan fingerprint density at radius 1 is 1.32 bits per heavy atom. The lowest BCUT2D eigenvalue weighted by atomic mass is 10.00. The number of carboxylic acid groups (broad SMARTS) is 1. The molecule has 19 heavy (non-hydrogen) atoms. The van der Waals surface area contributed by atoms with Gasteiger partial charge in [-0.1, -0.05) is 0 Å². The summed E-state index contributed by atoms with van der Waals surface area (Å²) in [5, 5.41) is 30.3. The van der Waals surface area contributed by atoms with Crippen molar-refractivity contribution in [3.05, 3.63) is 0 Å². The first-order valence-electron chi connectivity index (χ1n) is 6.54. The number of hydrogen-bond acceptors (Lipinski definition) is 4. The number of urea groups is 1. The van der Waals surface area contributed by atoms with Gasteiger partial charge in [0.1, 0.15) is 0 Å². The van der Waals surface area contributed by atoms with Crippen molar-refractivity contribution in [2.75, 3.05) is 13.1 Å².